The van der Waals surface area contributed by atoms with Gasteiger partial charge in [-0.05, 0) is 6.42 Å². The van der Waals surface area contributed by atoms with Crippen LogP contribution >= 0.6 is 0 Å². The van der Waals surface area contributed by atoms with Crippen LogP contribution in [0.25, 0.3) is 0 Å². The van der Waals surface area contributed by atoms with Gasteiger partial charge in [-0.2, -0.15) is 0 Å². The largest absolute Gasteiger partial charge is 0.208 e. The van der Waals surface area contributed by atoms with Crippen molar-refractivity contribution in [2.24, 2.45) is 0 Å². The van der Waals surface area contributed by atoms with Crippen molar-refractivity contribution in [1.82, 2.24) is 0 Å². The fraction of sp³-hybridized carbons (Fsp3) is 0.417. The van der Waals surface area contributed by atoms with Gasteiger partial charge < -0.3 is 0 Å². The first-order valence-corrected chi connectivity index (χ1v) is 7.01. The van der Waals surface area contributed by atoms with E-state index >= 15 is 0 Å². The molecule has 1 aliphatic rings. The van der Waals surface area contributed by atoms with Gasteiger partial charge in [0.2, 0.25) is 5.69 Å². The number of fused-ring (bicyclic) bond motifs is 1. The van der Waals surface area contributed by atoms with Crippen LogP contribution in [0.5, 0.6) is 0 Å². The van der Waals surface area contributed by atoms with E-state index in [2.05, 4.69) is 35.1 Å². The number of aryl methyl sites for hydroxylation is 1. The zero-order valence-corrected chi connectivity index (χ0v) is 10.9. The lowest BCUT2D eigenvalue weighted by Crippen LogP contribution is -2.15. The third-order valence-electron chi connectivity index (χ3n) is 2.82. The number of hydrogen-bond acceptors (Lipinski definition) is 0. The fourth-order valence-electron chi connectivity index (χ4n) is 2.02. The van der Waals surface area contributed by atoms with Gasteiger partial charge in [0, 0.05) is 34.7 Å². The van der Waals surface area contributed by atoms with Gasteiger partial charge in [0.25, 0.3) is 0 Å². The molecule has 0 unspecified atom stereocenters. The summed E-state index contributed by atoms with van der Waals surface area (Å²) in [4.78, 5) is 0. The van der Waals surface area contributed by atoms with E-state index in [0.717, 1.165) is 0 Å². The molecule has 0 bridgehead atoms. The number of para-hydroxylation sites is 1. The van der Waals surface area contributed by atoms with Gasteiger partial charge in [0.05, 0.1) is 0 Å². The predicted molar refractivity (Wildman–Crippen MR) is 65.0 cm³/mol. The second-order valence-electron chi connectivity index (χ2n) is 3.90. The minimum Gasteiger partial charge on any atom is -0.202 e. The van der Waals surface area contributed by atoms with Gasteiger partial charge in [-0.1, -0.05) is 24.2 Å². The Morgan fingerprint density at radius 2 is 2.14 bits per heavy atom. The summed E-state index contributed by atoms with van der Waals surface area (Å²) in [6, 6.07) is 10.2. The van der Waals surface area contributed by atoms with Crippen LogP contribution < -0.4 is 0 Å². The summed E-state index contributed by atoms with van der Waals surface area (Å²) >= 11 is 0. The molecule has 2 heteroatoms. The van der Waals surface area contributed by atoms with E-state index in [1.54, 1.807) is 0 Å². The van der Waals surface area contributed by atoms with Gasteiger partial charge in [-0.25, -0.2) is 4.58 Å². The van der Waals surface area contributed by atoms with Crippen LogP contribution in [0.2, 0.25) is 6.04 Å². The zero-order valence-electron chi connectivity index (χ0n) is 8.87. The Bertz CT molecular complexity index is 344. The van der Waals surface area contributed by atoms with Crippen LogP contribution in [0.4, 0.5) is 5.69 Å². The molecule has 1 aromatic carbocycles. The summed E-state index contributed by atoms with van der Waals surface area (Å²) in [5, 5.41) is 0. The topological polar surface area (TPSA) is 3.01 Å². The molecular formula is C12H18NSi+. The fourth-order valence-corrected chi connectivity index (χ4v) is 2.33. The second-order valence-corrected chi connectivity index (χ2v) is 4.90. The average Bonchev–Trinajstić information content (AvgIpc) is 2.26. The van der Waals surface area contributed by atoms with E-state index in [1.807, 2.05) is 0 Å². The van der Waals surface area contributed by atoms with Crippen molar-refractivity contribution >= 4 is 22.1 Å². The molecule has 0 saturated heterocycles. The third-order valence-corrected chi connectivity index (χ3v) is 3.52. The molecule has 0 amide bonds. The van der Waals surface area contributed by atoms with Crippen LogP contribution in [0.1, 0.15) is 18.4 Å². The van der Waals surface area contributed by atoms with E-state index in [-0.39, 0.29) is 0 Å². The number of rotatable bonds is 3. The normalized spacial score (nSPS) is 15.0. The third kappa shape index (κ3) is 1.95. The summed E-state index contributed by atoms with van der Waals surface area (Å²) in [6.45, 7) is 1.21. The number of hydrogen-bond donors (Lipinski definition) is 0. The van der Waals surface area contributed by atoms with Crippen molar-refractivity contribution < 1.29 is 4.58 Å². The van der Waals surface area contributed by atoms with Crippen LogP contribution in [-0.2, 0) is 6.42 Å². The van der Waals surface area contributed by atoms with E-state index in [1.165, 1.54) is 53.3 Å². The molecule has 0 aromatic heterocycles. The van der Waals surface area contributed by atoms with Gasteiger partial charge in [-0.3, -0.25) is 0 Å². The summed E-state index contributed by atoms with van der Waals surface area (Å²) < 4.78 is 2.44. The lowest BCUT2D eigenvalue weighted by molar-refractivity contribution is -0.439. The van der Waals surface area contributed by atoms with Crippen LogP contribution in [-0.4, -0.2) is 27.6 Å². The Morgan fingerprint density at radius 1 is 1.29 bits per heavy atom. The Balaban J connectivity index is 2.22. The molecule has 0 fully saturated rings. The quantitative estimate of drug-likeness (QED) is 0.519. The van der Waals surface area contributed by atoms with Crippen LogP contribution in [0, 0.1) is 0 Å². The van der Waals surface area contributed by atoms with Crippen molar-refractivity contribution in [3.8, 4) is 0 Å². The lowest BCUT2D eigenvalue weighted by Gasteiger charge is -2.11. The molecular weight excluding hydrogens is 186 g/mol. The Labute approximate surface area is 88.9 Å². The Kier molecular flexibility index (Phi) is 3.14. The summed E-state index contributed by atoms with van der Waals surface area (Å²) in [5.41, 5.74) is 2.96. The molecule has 1 aromatic rings. The van der Waals surface area contributed by atoms with Gasteiger partial charge in [0.15, 0.2) is 0 Å². The first-order valence-electron chi connectivity index (χ1n) is 5.59. The van der Waals surface area contributed by atoms with E-state index in [9.17, 15) is 0 Å². The van der Waals surface area contributed by atoms with Crippen molar-refractivity contribution in [2.75, 3.05) is 6.54 Å². The molecule has 0 saturated carbocycles. The van der Waals surface area contributed by atoms with Gasteiger partial charge in [0.1, 0.15) is 12.8 Å². The molecule has 0 radical (unpaired) electrons. The maximum absolute atomic E-state index is 2.44. The highest BCUT2D eigenvalue weighted by Gasteiger charge is 2.17. The smallest absolute Gasteiger partial charge is 0.202 e. The summed E-state index contributed by atoms with van der Waals surface area (Å²) in [5.74, 6) is 0. The zero-order chi connectivity index (χ0) is 9.80. The van der Waals surface area contributed by atoms with Crippen LogP contribution in [0.3, 0.4) is 0 Å². The van der Waals surface area contributed by atoms with Gasteiger partial charge >= 0.3 is 0 Å². The highest BCUT2D eigenvalue weighted by molar-refractivity contribution is 6.08. The maximum Gasteiger partial charge on any atom is 0.208 e. The molecule has 1 nitrogen and oxygen atoms in total. The van der Waals surface area contributed by atoms with E-state index in [0.29, 0.717) is 0 Å². The molecule has 74 valence electrons. The van der Waals surface area contributed by atoms with Crippen molar-refractivity contribution in [2.45, 2.75) is 25.3 Å². The summed E-state index contributed by atoms with van der Waals surface area (Å²) in [7, 11) is 1.33. The van der Waals surface area contributed by atoms with Crippen molar-refractivity contribution in [3.63, 3.8) is 0 Å². The van der Waals surface area contributed by atoms with Crippen LogP contribution in [0.15, 0.2) is 24.3 Å². The van der Waals surface area contributed by atoms with E-state index in [4.69, 9.17) is 0 Å². The highest BCUT2D eigenvalue weighted by atomic mass is 28.1. The van der Waals surface area contributed by atoms with Gasteiger partial charge in [-0.15, -0.1) is 0 Å². The highest BCUT2D eigenvalue weighted by Crippen LogP contribution is 2.23. The minimum atomic E-state index is 1.21. The minimum absolute atomic E-state index is 1.21. The molecule has 14 heavy (non-hydrogen) atoms. The number of nitrogens with zero attached hydrogens (tertiary/aromatic N) is 1. The first kappa shape index (κ1) is 9.65. The molecule has 0 N–H and O–H groups in total. The summed E-state index contributed by atoms with van der Waals surface area (Å²) in [6.07, 6.45) is 6.13. The SMILES string of the molecule is [SiH3]CCC[N+]1=CCCc2ccccc21. The number of benzene rings is 1. The Hall–Kier alpha value is -0.893. The molecule has 0 aliphatic carbocycles. The molecule has 1 heterocycles. The molecule has 0 spiro atoms. The Morgan fingerprint density at radius 3 is 3.00 bits per heavy atom. The van der Waals surface area contributed by atoms with Crippen molar-refractivity contribution in [1.29, 1.82) is 0 Å². The molecule has 2 rings (SSSR count). The standard InChI is InChI=1S/C12H18NSi/c14-10-4-9-13-8-3-6-11-5-1-2-7-12(11)13/h1-2,5,7-8H,3-4,6,9-10H2,14H3/q+1. The first-order chi connectivity index (χ1) is 6.92. The molecule has 0 atom stereocenters. The van der Waals surface area contributed by atoms with E-state index < -0.39 is 0 Å². The average molecular weight is 204 g/mol. The second kappa shape index (κ2) is 4.56. The lowest BCUT2D eigenvalue weighted by atomic mass is 10.0. The predicted octanol–water partition coefficient (Wildman–Crippen LogP) is 1.52. The molecule has 1 aliphatic heterocycles. The van der Waals surface area contributed by atoms with Crippen molar-refractivity contribution in [3.05, 3.63) is 29.8 Å². The maximum atomic E-state index is 2.44. The monoisotopic (exact) mass is 204 g/mol.